The lowest BCUT2D eigenvalue weighted by atomic mass is 9.83. The molecule has 0 aromatic heterocycles. The van der Waals surface area contributed by atoms with E-state index < -0.39 is 59.6 Å². The van der Waals surface area contributed by atoms with Crippen LogP contribution in [-0.2, 0) is 35.0 Å². The summed E-state index contributed by atoms with van der Waals surface area (Å²) in [5.74, 6) is -1.30. The van der Waals surface area contributed by atoms with Crippen molar-refractivity contribution in [2.75, 3.05) is 26.2 Å². The number of benzene rings is 1. The normalized spacial score (nSPS) is 34.7. The number of nitrogens with zero attached hydrogens (tertiary/aromatic N) is 1. The summed E-state index contributed by atoms with van der Waals surface area (Å²) in [5.41, 5.74) is -0.587. The van der Waals surface area contributed by atoms with Gasteiger partial charge in [0.1, 0.15) is 34.7 Å². The third kappa shape index (κ3) is 6.91. The van der Waals surface area contributed by atoms with Crippen LogP contribution in [0.3, 0.4) is 0 Å². The molecule has 2 saturated heterocycles. The van der Waals surface area contributed by atoms with Gasteiger partial charge in [-0.15, -0.1) is 0 Å². The van der Waals surface area contributed by atoms with E-state index in [9.17, 15) is 19.5 Å². The number of epoxide rings is 1. The zero-order valence-electron chi connectivity index (χ0n) is 26.5. The van der Waals surface area contributed by atoms with E-state index in [1.54, 1.807) is 40.0 Å². The number of rotatable bonds is 4. The number of halogens is 1. The summed E-state index contributed by atoms with van der Waals surface area (Å²) in [7, 11) is 4.56. The fourth-order valence-electron chi connectivity index (χ4n) is 5.88. The first kappa shape index (κ1) is 33.8. The number of methoxy groups -OCH3 is 2. The first-order valence-corrected chi connectivity index (χ1v) is 15.1. The number of allylic oxidation sites excluding steroid dienone is 3. The summed E-state index contributed by atoms with van der Waals surface area (Å²) in [4.78, 5) is 40.7. The Hall–Kier alpha value is -3.12. The van der Waals surface area contributed by atoms with Gasteiger partial charge in [0.2, 0.25) is 5.91 Å². The molecule has 1 aromatic rings. The van der Waals surface area contributed by atoms with Crippen LogP contribution in [0, 0.1) is 11.8 Å². The Morgan fingerprint density at radius 1 is 1.25 bits per heavy atom. The van der Waals surface area contributed by atoms with Gasteiger partial charge in [-0.05, 0) is 38.0 Å². The first-order valence-electron chi connectivity index (χ1n) is 14.7. The molecule has 4 rings (SSSR count). The highest BCUT2D eigenvalue weighted by Gasteiger charge is 2.64. The number of carbonyl (C=O) groups excluding carboxylic acids is 3. The third-order valence-electron chi connectivity index (χ3n) is 8.68. The number of carbonyl (C=O) groups is 3. The molecule has 12 heteroatoms. The van der Waals surface area contributed by atoms with Crippen molar-refractivity contribution in [2.24, 2.45) is 11.8 Å². The molecular weight excluding hydrogens is 592 g/mol. The first-order chi connectivity index (χ1) is 20.6. The molecule has 3 aliphatic heterocycles. The minimum Gasteiger partial charge on any atom is -0.495 e. The summed E-state index contributed by atoms with van der Waals surface area (Å²) >= 11 is 6.68. The molecule has 11 nitrogen and oxygen atoms in total. The molecule has 1 unspecified atom stereocenters. The summed E-state index contributed by atoms with van der Waals surface area (Å²) in [6, 6.07) is 3.63. The monoisotopic (exact) mass is 634 g/mol. The minimum absolute atomic E-state index is 0.00361. The molecule has 0 saturated carbocycles. The number of amides is 2. The second-order valence-electron chi connectivity index (χ2n) is 12.4. The lowest BCUT2D eigenvalue weighted by molar-refractivity contribution is -0.157. The van der Waals surface area contributed by atoms with Gasteiger partial charge in [0.05, 0.1) is 31.2 Å². The van der Waals surface area contributed by atoms with Gasteiger partial charge in [-0.2, -0.15) is 0 Å². The molecule has 2 N–H and O–H groups in total. The van der Waals surface area contributed by atoms with Crippen molar-refractivity contribution in [3.8, 4) is 5.75 Å². The van der Waals surface area contributed by atoms with Crippen LogP contribution in [0.25, 0.3) is 0 Å². The molecule has 0 radical (unpaired) electrons. The van der Waals surface area contributed by atoms with Crippen molar-refractivity contribution in [3.05, 3.63) is 46.5 Å². The van der Waals surface area contributed by atoms with E-state index in [2.05, 4.69) is 5.32 Å². The van der Waals surface area contributed by atoms with Gasteiger partial charge >= 0.3 is 12.1 Å². The zero-order chi connectivity index (χ0) is 32.6. The van der Waals surface area contributed by atoms with Gasteiger partial charge in [-0.25, -0.2) is 4.79 Å². The van der Waals surface area contributed by atoms with Crippen molar-refractivity contribution in [1.29, 1.82) is 0 Å². The lowest BCUT2D eigenvalue weighted by Crippen LogP contribution is -2.63. The summed E-state index contributed by atoms with van der Waals surface area (Å²) in [6.07, 6.45) is 1.65. The predicted molar refractivity (Wildman–Crippen MR) is 164 cm³/mol. The maximum absolute atomic E-state index is 13.8. The summed E-state index contributed by atoms with van der Waals surface area (Å²) < 4.78 is 28.8. The smallest absolute Gasteiger partial charge is 0.409 e. The van der Waals surface area contributed by atoms with Crippen LogP contribution in [0.15, 0.2) is 35.9 Å². The molecule has 0 aliphatic carbocycles. The minimum atomic E-state index is -1.77. The lowest BCUT2D eigenvalue weighted by Gasteiger charge is -2.42. The SMILES string of the molecule is COc1cc2cc(c1Cl)N(C)C(=O)C[C@H](OC(=O)C(C)C)[C@]1(C)OC1[C@H](C)[C@@H]1C[C@@](O)(NC(=O)O1)[C@H](OC)/C=C/C=C(\C)C2. The molecule has 3 aliphatic rings. The van der Waals surface area contributed by atoms with Gasteiger partial charge in [0.15, 0.2) is 5.72 Å². The highest BCUT2D eigenvalue weighted by Crippen LogP contribution is 2.49. The second-order valence-corrected chi connectivity index (χ2v) is 12.8. The number of ether oxygens (including phenoxy) is 5. The van der Waals surface area contributed by atoms with Crippen LogP contribution < -0.4 is 15.0 Å². The molecular formula is C32H43ClN2O9. The quantitative estimate of drug-likeness (QED) is 0.366. The topological polar surface area (TPSA) is 136 Å². The fraction of sp³-hybridized carbons (Fsp3) is 0.594. The average molecular weight is 635 g/mol. The zero-order valence-corrected chi connectivity index (χ0v) is 27.3. The molecule has 1 aromatic carbocycles. The van der Waals surface area contributed by atoms with Gasteiger partial charge in [0.25, 0.3) is 0 Å². The number of aliphatic hydroxyl groups is 1. The number of esters is 1. The highest BCUT2D eigenvalue weighted by atomic mass is 35.5. The molecule has 3 heterocycles. The van der Waals surface area contributed by atoms with Crippen molar-refractivity contribution >= 4 is 35.3 Å². The van der Waals surface area contributed by atoms with E-state index in [0.29, 0.717) is 17.9 Å². The Labute approximate surface area is 263 Å². The second kappa shape index (κ2) is 13.1. The van der Waals surface area contributed by atoms with Gasteiger partial charge in [-0.1, -0.05) is 56.2 Å². The fourth-order valence-corrected chi connectivity index (χ4v) is 6.19. The molecule has 4 bridgehead atoms. The molecule has 242 valence electrons. The van der Waals surface area contributed by atoms with E-state index in [1.807, 2.05) is 32.1 Å². The Balaban J connectivity index is 1.80. The number of fused-ring (bicyclic) bond motifs is 5. The largest absolute Gasteiger partial charge is 0.495 e. The van der Waals surface area contributed by atoms with Crippen molar-refractivity contribution in [3.63, 3.8) is 0 Å². The van der Waals surface area contributed by atoms with E-state index in [4.69, 9.17) is 35.3 Å². The van der Waals surface area contributed by atoms with Crippen molar-refractivity contribution in [2.45, 2.75) is 89.6 Å². The summed E-state index contributed by atoms with van der Waals surface area (Å²) in [6.45, 7) is 8.95. The van der Waals surface area contributed by atoms with E-state index in [1.165, 1.54) is 19.1 Å². The van der Waals surface area contributed by atoms with E-state index in [-0.39, 0.29) is 23.8 Å². The number of alkyl carbamates (subject to hydrolysis) is 1. The van der Waals surface area contributed by atoms with Gasteiger partial charge in [-0.3, -0.25) is 14.9 Å². The van der Waals surface area contributed by atoms with Crippen LogP contribution in [0.1, 0.15) is 53.0 Å². The van der Waals surface area contributed by atoms with Gasteiger partial charge < -0.3 is 33.7 Å². The van der Waals surface area contributed by atoms with Crippen molar-refractivity contribution < 1.29 is 43.2 Å². The standard InChI is InChI=1S/C32H43ClN2O9/c1-17(2)29(37)43-25-15-26(36)35(6)21-13-20(14-22(40-7)27(21)33)12-18(3)10-9-11-24(41-8)32(39)16-23(42-30(38)34-32)19(4)28-31(25,5)44-28/h9-11,13-14,17,19,23-25,28,39H,12,15-16H2,1-8H3,(H,34,38)/b11-9+,18-10+/t19-,23+,24-,25+,28?,31+,32+/m1/s1. The molecule has 2 amide bonds. The van der Waals surface area contributed by atoms with Crippen LogP contribution in [-0.4, -0.2) is 80.1 Å². The maximum atomic E-state index is 13.8. The van der Waals surface area contributed by atoms with Crippen LogP contribution in [0.5, 0.6) is 5.75 Å². The Bertz CT molecular complexity index is 1350. The molecule has 44 heavy (non-hydrogen) atoms. The Morgan fingerprint density at radius 3 is 2.59 bits per heavy atom. The predicted octanol–water partition coefficient (Wildman–Crippen LogP) is 4.32. The number of anilines is 1. The number of nitrogens with one attached hydrogen (secondary N) is 1. The van der Waals surface area contributed by atoms with Gasteiger partial charge in [0, 0.05) is 26.5 Å². The van der Waals surface area contributed by atoms with E-state index in [0.717, 1.165) is 11.1 Å². The van der Waals surface area contributed by atoms with E-state index >= 15 is 0 Å². The average Bonchev–Trinajstić information content (AvgIpc) is 3.66. The number of hydrogen-bond acceptors (Lipinski definition) is 9. The maximum Gasteiger partial charge on any atom is 0.409 e. The number of hydrogen-bond donors (Lipinski definition) is 2. The Morgan fingerprint density at radius 2 is 1.95 bits per heavy atom. The molecule has 7 atom stereocenters. The molecule has 0 spiro atoms. The third-order valence-corrected chi connectivity index (χ3v) is 9.06. The van der Waals surface area contributed by atoms with Crippen molar-refractivity contribution in [1.82, 2.24) is 5.32 Å². The summed E-state index contributed by atoms with van der Waals surface area (Å²) in [5, 5.41) is 14.4. The highest BCUT2D eigenvalue weighted by molar-refractivity contribution is 6.35. The van der Waals surface area contributed by atoms with Crippen LogP contribution in [0.2, 0.25) is 5.02 Å². The van der Waals surface area contributed by atoms with Crippen LogP contribution >= 0.6 is 11.6 Å². The van der Waals surface area contributed by atoms with Crippen LogP contribution in [0.4, 0.5) is 10.5 Å². The Kier molecular flexibility index (Phi) is 10.0. The molecule has 2 fully saturated rings.